The van der Waals surface area contributed by atoms with Gasteiger partial charge in [-0.25, -0.2) is 9.59 Å². The summed E-state index contributed by atoms with van der Waals surface area (Å²) in [5.74, 6) is 0. The summed E-state index contributed by atoms with van der Waals surface area (Å²) in [5.41, 5.74) is -0.613. The van der Waals surface area contributed by atoms with Crippen LogP contribution in [0.4, 0.5) is 9.59 Å². The molecule has 0 unspecified atom stereocenters. The van der Waals surface area contributed by atoms with Crippen LogP contribution in [0.15, 0.2) is 0 Å². The van der Waals surface area contributed by atoms with Crippen LogP contribution >= 0.6 is 0 Å². The third-order valence-electron chi connectivity index (χ3n) is 2.47. The van der Waals surface area contributed by atoms with Crippen LogP contribution in [0.3, 0.4) is 0 Å². The van der Waals surface area contributed by atoms with Gasteiger partial charge in [0.2, 0.25) is 0 Å². The summed E-state index contributed by atoms with van der Waals surface area (Å²) < 4.78 is 5.17. The van der Waals surface area contributed by atoms with Gasteiger partial charge in [-0.1, -0.05) is 0 Å². The van der Waals surface area contributed by atoms with Gasteiger partial charge >= 0.3 is 12.2 Å². The number of hydrogen-bond donors (Lipinski definition) is 1. The van der Waals surface area contributed by atoms with Gasteiger partial charge in [0, 0.05) is 13.1 Å². The molecule has 7 heteroatoms. The molecule has 1 aliphatic rings. The summed E-state index contributed by atoms with van der Waals surface area (Å²) in [4.78, 5) is 35.9. The third kappa shape index (κ3) is 3.61. The van der Waals surface area contributed by atoms with E-state index in [0.29, 0.717) is 6.29 Å². The fraction of sp³-hybridized carbons (Fsp3) is 0.727. The highest BCUT2D eigenvalue weighted by atomic mass is 16.6. The molecule has 0 aromatic carbocycles. The van der Waals surface area contributed by atoms with Crippen molar-refractivity contribution in [1.29, 1.82) is 0 Å². The standard InChI is InChI=1S/C11H18N2O5/c1-11(2,3)18-10(17)12-4-5-13(9(15)16)8(6-12)7-14/h7-8H,4-6H2,1-3H3,(H,15,16)/t8-/m0/s1. The van der Waals surface area contributed by atoms with E-state index >= 15 is 0 Å². The number of hydrogen-bond acceptors (Lipinski definition) is 4. The minimum atomic E-state index is -1.16. The normalized spacial score (nSPS) is 20.5. The van der Waals surface area contributed by atoms with Crippen molar-refractivity contribution < 1.29 is 24.2 Å². The molecule has 0 radical (unpaired) electrons. The van der Waals surface area contributed by atoms with Gasteiger partial charge in [0.1, 0.15) is 17.9 Å². The molecule has 18 heavy (non-hydrogen) atoms. The van der Waals surface area contributed by atoms with Gasteiger partial charge in [-0.3, -0.25) is 4.90 Å². The molecule has 0 spiro atoms. The highest BCUT2D eigenvalue weighted by molar-refractivity contribution is 5.74. The second kappa shape index (κ2) is 5.24. The van der Waals surface area contributed by atoms with E-state index in [2.05, 4.69) is 0 Å². The topological polar surface area (TPSA) is 87.2 Å². The first kappa shape index (κ1) is 14.3. The highest BCUT2D eigenvalue weighted by Crippen LogP contribution is 2.14. The number of aldehydes is 1. The zero-order chi connectivity index (χ0) is 13.9. The smallest absolute Gasteiger partial charge is 0.410 e. The number of carboxylic acid groups (broad SMARTS) is 1. The minimum absolute atomic E-state index is 0.0325. The van der Waals surface area contributed by atoms with Crippen LogP contribution in [0.5, 0.6) is 0 Å². The molecule has 1 saturated heterocycles. The Morgan fingerprint density at radius 2 is 1.94 bits per heavy atom. The monoisotopic (exact) mass is 258 g/mol. The van der Waals surface area contributed by atoms with E-state index in [1.165, 1.54) is 4.90 Å². The number of rotatable bonds is 1. The molecule has 0 saturated carbocycles. The average molecular weight is 258 g/mol. The molecule has 1 rings (SSSR count). The van der Waals surface area contributed by atoms with Crippen molar-refractivity contribution in [2.75, 3.05) is 19.6 Å². The van der Waals surface area contributed by atoms with Gasteiger partial charge in [-0.05, 0) is 20.8 Å². The molecule has 1 heterocycles. The molecule has 0 aromatic heterocycles. The van der Waals surface area contributed by atoms with Gasteiger partial charge in [0.15, 0.2) is 0 Å². The molecule has 0 aromatic rings. The van der Waals surface area contributed by atoms with Crippen molar-refractivity contribution in [3.63, 3.8) is 0 Å². The molecule has 1 N–H and O–H groups in total. The molecule has 0 bridgehead atoms. The predicted molar refractivity (Wildman–Crippen MR) is 62.4 cm³/mol. The Hall–Kier alpha value is -1.79. The summed E-state index contributed by atoms with van der Waals surface area (Å²) in [6.45, 7) is 5.61. The molecule has 1 atom stereocenters. The first-order valence-electron chi connectivity index (χ1n) is 5.67. The van der Waals surface area contributed by atoms with E-state index in [1.54, 1.807) is 20.8 Å². The Labute approximate surface area is 105 Å². The van der Waals surface area contributed by atoms with Gasteiger partial charge < -0.3 is 19.5 Å². The SMILES string of the molecule is CC(C)(C)OC(=O)N1CCN(C(=O)O)[C@H](C=O)C1. The number of carbonyl (C=O) groups is 3. The lowest BCUT2D eigenvalue weighted by atomic mass is 10.2. The zero-order valence-electron chi connectivity index (χ0n) is 10.8. The second-order valence-electron chi connectivity index (χ2n) is 5.11. The summed E-state index contributed by atoms with van der Waals surface area (Å²) in [6, 6.07) is -0.830. The van der Waals surface area contributed by atoms with E-state index < -0.39 is 23.8 Å². The van der Waals surface area contributed by atoms with Crippen molar-refractivity contribution in [2.24, 2.45) is 0 Å². The number of carbonyl (C=O) groups excluding carboxylic acids is 2. The number of amides is 2. The van der Waals surface area contributed by atoms with E-state index in [0.717, 1.165) is 4.90 Å². The van der Waals surface area contributed by atoms with Gasteiger partial charge in [-0.15, -0.1) is 0 Å². The van der Waals surface area contributed by atoms with Crippen molar-refractivity contribution in [3.05, 3.63) is 0 Å². The van der Waals surface area contributed by atoms with Gasteiger partial charge in [0.25, 0.3) is 0 Å². The lowest BCUT2D eigenvalue weighted by Crippen LogP contribution is -2.57. The van der Waals surface area contributed by atoms with Gasteiger partial charge in [-0.2, -0.15) is 0 Å². The Balaban J connectivity index is 2.65. The predicted octanol–water partition coefficient (Wildman–Crippen LogP) is 0.785. The molecule has 102 valence electrons. The van der Waals surface area contributed by atoms with Crippen LogP contribution in [0, 0.1) is 0 Å². The summed E-state index contributed by atoms with van der Waals surface area (Å²) in [5, 5.41) is 8.88. The highest BCUT2D eigenvalue weighted by Gasteiger charge is 2.33. The van der Waals surface area contributed by atoms with Crippen LogP contribution in [0.1, 0.15) is 20.8 Å². The number of ether oxygens (including phenoxy) is 1. The second-order valence-corrected chi connectivity index (χ2v) is 5.11. The van der Waals surface area contributed by atoms with Crippen LogP contribution in [0.2, 0.25) is 0 Å². The summed E-state index contributed by atoms with van der Waals surface area (Å²) in [6.07, 6.45) is -1.15. The molecule has 1 fully saturated rings. The molecule has 2 amide bonds. The molecular weight excluding hydrogens is 240 g/mol. The quantitative estimate of drug-likeness (QED) is 0.702. The zero-order valence-corrected chi connectivity index (χ0v) is 10.8. The maximum atomic E-state index is 11.8. The van der Waals surface area contributed by atoms with Crippen molar-refractivity contribution in [1.82, 2.24) is 9.80 Å². The fourth-order valence-electron chi connectivity index (χ4n) is 1.66. The minimum Gasteiger partial charge on any atom is -0.465 e. The Bertz CT molecular complexity index is 350. The summed E-state index contributed by atoms with van der Waals surface area (Å²) in [7, 11) is 0. The van der Waals surface area contributed by atoms with Crippen molar-refractivity contribution in [2.45, 2.75) is 32.4 Å². The van der Waals surface area contributed by atoms with E-state index in [1.807, 2.05) is 0 Å². The van der Waals surface area contributed by atoms with Crippen LogP contribution in [-0.2, 0) is 9.53 Å². The molecule has 7 nitrogen and oxygen atoms in total. The van der Waals surface area contributed by atoms with Crippen LogP contribution < -0.4 is 0 Å². The Morgan fingerprint density at radius 1 is 1.33 bits per heavy atom. The lowest BCUT2D eigenvalue weighted by Gasteiger charge is -2.37. The first-order valence-corrected chi connectivity index (χ1v) is 5.67. The number of nitrogens with zero attached hydrogens (tertiary/aromatic N) is 2. The maximum Gasteiger partial charge on any atom is 0.410 e. The molecular formula is C11H18N2O5. The van der Waals surface area contributed by atoms with Crippen molar-refractivity contribution in [3.8, 4) is 0 Å². The number of piperazine rings is 1. The van der Waals surface area contributed by atoms with Crippen LogP contribution in [-0.4, -0.2) is 64.7 Å². The summed E-state index contributed by atoms with van der Waals surface area (Å²) >= 11 is 0. The third-order valence-corrected chi connectivity index (χ3v) is 2.47. The van der Waals surface area contributed by atoms with Crippen LogP contribution in [0.25, 0.3) is 0 Å². The van der Waals surface area contributed by atoms with E-state index in [4.69, 9.17) is 9.84 Å². The maximum absolute atomic E-state index is 11.8. The Kier molecular flexibility index (Phi) is 4.15. The molecule has 1 aliphatic heterocycles. The molecule has 0 aliphatic carbocycles. The average Bonchev–Trinajstić information content (AvgIpc) is 2.25. The van der Waals surface area contributed by atoms with Gasteiger partial charge in [0.05, 0.1) is 6.54 Å². The van der Waals surface area contributed by atoms with E-state index in [9.17, 15) is 14.4 Å². The largest absolute Gasteiger partial charge is 0.465 e. The van der Waals surface area contributed by atoms with E-state index in [-0.39, 0.29) is 19.6 Å². The lowest BCUT2D eigenvalue weighted by molar-refractivity contribution is -0.113. The Morgan fingerprint density at radius 3 is 2.39 bits per heavy atom. The fourth-order valence-corrected chi connectivity index (χ4v) is 1.66. The first-order chi connectivity index (χ1) is 8.24. The van der Waals surface area contributed by atoms with Crippen molar-refractivity contribution >= 4 is 18.5 Å².